The minimum Gasteiger partial charge on any atom is -0.478 e. The Kier molecular flexibility index (Phi) is 10.3. The van der Waals surface area contributed by atoms with E-state index in [-0.39, 0.29) is 0 Å². The van der Waals surface area contributed by atoms with Crippen LogP contribution in [0.25, 0.3) is 11.1 Å². The van der Waals surface area contributed by atoms with Crippen molar-refractivity contribution in [2.24, 2.45) is 0 Å². The highest BCUT2D eigenvalue weighted by Crippen LogP contribution is 2.26. The fourth-order valence-corrected chi connectivity index (χ4v) is 4.00. The molecule has 0 fully saturated rings. The first-order valence-corrected chi connectivity index (χ1v) is 12.1. The molecule has 2 N–H and O–H groups in total. The number of halogens is 4. The van der Waals surface area contributed by atoms with Crippen molar-refractivity contribution in [3.05, 3.63) is 130 Å². The third kappa shape index (κ3) is 9.28. The molecule has 0 spiro atoms. The topological polar surface area (TPSA) is 77.8 Å². The van der Waals surface area contributed by atoms with Crippen molar-refractivity contribution in [2.75, 3.05) is 0 Å². The number of hydrogen-bond donors (Lipinski definition) is 2. The predicted molar refractivity (Wildman–Crippen MR) is 143 cm³/mol. The quantitative estimate of drug-likeness (QED) is 0.235. The number of carbonyl (C=O) groups is 2. The highest BCUT2D eigenvalue weighted by Gasteiger charge is 2.38. The van der Waals surface area contributed by atoms with Crippen LogP contribution in [0.15, 0.2) is 103 Å². The number of benzene rings is 4. The molecule has 4 aromatic carbocycles. The van der Waals surface area contributed by atoms with E-state index >= 15 is 0 Å². The van der Waals surface area contributed by atoms with Gasteiger partial charge in [-0.2, -0.15) is 13.2 Å². The third-order valence-electron chi connectivity index (χ3n) is 5.61. The van der Waals surface area contributed by atoms with Gasteiger partial charge in [-0.3, -0.25) is 4.90 Å². The number of aromatic carboxylic acids is 1. The Hall–Kier alpha value is -4.14. The molecule has 0 aliphatic heterocycles. The zero-order valence-corrected chi connectivity index (χ0v) is 21.4. The van der Waals surface area contributed by atoms with E-state index in [4.69, 9.17) is 21.5 Å². The van der Waals surface area contributed by atoms with E-state index < -0.39 is 18.1 Å². The van der Waals surface area contributed by atoms with E-state index in [1.807, 2.05) is 42.5 Å². The molecule has 0 aliphatic carbocycles. The largest absolute Gasteiger partial charge is 0.490 e. The Morgan fingerprint density at radius 3 is 1.79 bits per heavy atom. The number of hydrogen-bond acceptors (Lipinski definition) is 3. The van der Waals surface area contributed by atoms with Crippen LogP contribution in [0.5, 0.6) is 0 Å². The number of aliphatic carboxylic acids is 1. The van der Waals surface area contributed by atoms with Gasteiger partial charge in [-0.25, -0.2) is 9.59 Å². The summed E-state index contributed by atoms with van der Waals surface area (Å²) in [4.78, 5) is 22.9. The summed E-state index contributed by atoms with van der Waals surface area (Å²) < 4.78 is 31.7. The number of carboxylic acid groups (broad SMARTS) is 2. The second-order valence-corrected chi connectivity index (χ2v) is 9.05. The number of rotatable bonds is 8. The second kappa shape index (κ2) is 13.6. The Bertz CT molecular complexity index is 1390. The fourth-order valence-electron chi connectivity index (χ4n) is 3.87. The summed E-state index contributed by atoms with van der Waals surface area (Å²) in [5.41, 5.74) is 5.52. The summed E-state index contributed by atoms with van der Waals surface area (Å²) in [5, 5.41) is 17.4. The second-order valence-electron chi connectivity index (χ2n) is 8.61. The van der Waals surface area contributed by atoms with E-state index in [1.165, 1.54) is 11.1 Å². The fraction of sp³-hybridized carbons (Fsp3) is 0.133. The van der Waals surface area contributed by atoms with Crippen LogP contribution in [-0.4, -0.2) is 33.2 Å². The molecule has 0 atom stereocenters. The molecule has 9 heteroatoms. The molecule has 0 saturated heterocycles. The zero-order valence-electron chi connectivity index (χ0n) is 20.6. The molecule has 4 rings (SSSR count). The van der Waals surface area contributed by atoms with Gasteiger partial charge in [0.15, 0.2) is 0 Å². The number of alkyl halides is 3. The van der Waals surface area contributed by atoms with Crippen LogP contribution in [0.3, 0.4) is 0 Å². The first-order valence-electron chi connectivity index (χ1n) is 11.8. The Balaban J connectivity index is 0.000000532. The Labute approximate surface area is 228 Å². The molecule has 4 aromatic rings. The van der Waals surface area contributed by atoms with Gasteiger partial charge in [0.25, 0.3) is 0 Å². The molecular formula is C30H25ClF3NO4. The predicted octanol–water partition coefficient (Wildman–Crippen LogP) is 7.54. The lowest BCUT2D eigenvalue weighted by Crippen LogP contribution is -2.22. The van der Waals surface area contributed by atoms with Crippen LogP contribution in [0, 0.1) is 0 Å². The van der Waals surface area contributed by atoms with Crippen LogP contribution in [0.1, 0.15) is 27.0 Å². The molecule has 0 saturated carbocycles. The monoisotopic (exact) mass is 555 g/mol. The average Bonchev–Trinajstić information content (AvgIpc) is 2.90. The van der Waals surface area contributed by atoms with Gasteiger partial charge >= 0.3 is 18.1 Å². The van der Waals surface area contributed by atoms with Gasteiger partial charge in [-0.1, -0.05) is 90.5 Å². The summed E-state index contributed by atoms with van der Waals surface area (Å²) in [6, 6.07) is 33.6. The maximum Gasteiger partial charge on any atom is 0.490 e. The lowest BCUT2D eigenvalue weighted by Gasteiger charge is -2.23. The average molecular weight is 556 g/mol. The molecule has 0 aliphatic rings. The molecule has 0 amide bonds. The highest BCUT2D eigenvalue weighted by molar-refractivity contribution is 6.30. The van der Waals surface area contributed by atoms with Gasteiger partial charge in [0.1, 0.15) is 0 Å². The van der Waals surface area contributed by atoms with E-state index in [1.54, 1.807) is 12.1 Å². The van der Waals surface area contributed by atoms with Crippen LogP contribution in [0.4, 0.5) is 13.2 Å². The molecule has 0 radical (unpaired) electrons. The molecule has 0 aromatic heterocycles. The minimum absolute atomic E-state index is 0.312. The maximum absolute atomic E-state index is 11.7. The standard InChI is InChI=1S/C28H24ClNO2.C2HF3O2/c29-25-15-13-22(14-16-25)19-30(18-21-7-2-1-3-8-21)20-23-9-6-10-24(17-23)26-11-4-5-12-27(26)28(31)32;3-2(4,5)1(6)7/h1-17H,18-20H2,(H,31,32);(H,6,7). The first-order chi connectivity index (χ1) is 18.5. The summed E-state index contributed by atoms with van der Waals surface area (Å²) in [6.45, 7) is 2.32. The minimum atomic E-state index is -5.08. The molecule has 39 heavy (non-hydrogen) atoms. The number of nitrogens with zero attached hydrogens (tertiary/aromatic N) is 1. The zero-order chi connectivity index (χ0) is 28.4. The summed E-state index contributed by atoms with van der Waals surface area (Å²) in [6.07, 6.45) is -5.08. The molecular weight excluding hydrogens is 531 g/mol. The lowest BCUT2D eigenvalue weighted by molar-refractivity contribution is -0.192. The normalized spacial score (nSPS) is 11.0. The van der Waals surface area contributed by atoms with Crippen molar-refractivity contribution in [1.82, 2.24) is 4.90 Å². The van der Waals surface area contributed by atoms with Crippen LogP contribution in [-0.2, 0) is 24.4 Å². The molecule has 0 bridgehead atoms. The first kappa shape index (κ1) is 29.4. The summed E-state index contributed by atoms with van der Waals surface area (Å²) >= 11 is 6.06. The van der Waals surface area contributed by atoms with Gasteiger partial charge in [-0.05, 0) is 52.1 Å². The smallest absolute Gasteiger partial charge is 0.478 e. The van der Waals surface area contributed by atoms with Gasteiger partial charge in [0, 0.05) is 24.7 Å². The van der Waals surface area contributed by atoms with Crippen molar-refractivity contribution < 1.29 is 33.0 Å². The lowest BCUT2D eigenvalue weighted by atomic mass is 9.98. The van der Waals surface area contributed by atoms with E-state index in [0.717, 1.165) is 41.3 Å². The van der Waals surface area contributed by atoms with Crippen molar-refractivity contribution >= 4 is 23.5 Å². The van der Waals surface area contributed by atoms with Gasteiger partial charge in [-0.15, -0.1) is 0 Å². The molecule has 5 nitrogen and oxygen atoms in total. The summed E-state index contributed by atoms with van der Waals surface area (Å²) in [7, 11) is 0. The van der Waals surface area contributed by atoms with Crippen molar-refractivity contribution in [2.45, 2.75) is 25.8 Å². The molecule has 0 unspecified atom stereocenters. The summed E-state index contributed by atoms with van der Waals surface area (Å²) in [5.74, 6) is -3.67. The molecule has 202 valence electrons. The SMILES string of the molecule is O=C(O)C(F)(F)F.O=C(O)c1ccccc1-c1cccc(CN(Cc2ccccc2)Cc2ccc(Cl)cc2)c1. The Morgan fingerprint density at radius 1 is 0.692 bits per heavy atom. The van der Waals surface area contributed by atoms with Gasteiger partial charge in [0.2, 0.25) is 0 Å². The van der Waals surface area contributed by atoms with E-state index in [0.29, 0.717) is 5.56 Å². The molecule has 0 heterocycles. The van der Waals surface area contributed by atoms with Crippen LogP contribution in [0.2, 0.25) is 5.02 Å². The van der Waals surface area contributed by atoms with Crippen molar-refractivity contribution in [3.63, 3.8) is 0 Å². The van der Waals surface area contributed by atoms with Gasteiger partial charge < -0.3 is 10.2 Å². The van der Waals surface area contributed by atoms with Gasteiger partial charge in [0.05, 0.1) is 5.56 Å². The number of carboxylic acids is 2. The maximum atomic E-state index is 11.7. The highest BCUT2D eigenvalue weighted by atomic mass is 35.5. The van der Waals surface area contributed by atoms with Crippen LogP contribution >= 0.6 is 11.6 Å². The van der Waals surface area contributed by atoms with Crippen molar-refractivity contribution in [3.8, 4) is 11.1 Å². The van der Waals surface area contributed by atoms with E-state index in [2.05, 4.69) is 53.4 Å². The third-order valence-corrected chi connectivity index (χ3v) is 5.86. The van der Waals surface area contributed by atoms with Crippen molar-refractivity contribution in [1.29, 1.82) is 0 Å². The van der Waals surface area contributed by atoms with Crippen LogP contribution < -0.4 is 0 Å². The van der Waals surface area contributed by atoms with E-state index in [9.17, 15) is 23.1 Å². The Morgan fingerprint density at radius 2 is 1.21 bits per heavy atom.